The second kappa shape index (κ2) is 8.50. The highest BCUT2D eigenvalue weighted by Gasteiger charge is 2.48. The molecule has 3 aromatic heterocycles. The molecule has 4 heterocycles. The van der Waals surface area contributed by atoms with Crippen molar-refractivity contribution >= 4 is 61.4 Å². The van der Waals surface area contributed by atoms with Crippen LogP contribution < -0.4 is 4.90 Å². The van der Waals surface area contributed by atoms with Crippen molar-refractivity contribution in [3.8, 4) is 0 Å². The van der Waals surface area contributed by atoms with Gasteiger partial charge in [0.1, 0.15) is 17.2 Å². The van der Waals surface area contributed by atoms with E-state index in [0.29, 0.717) is 27.4 Å². The lowest BCUT2D eigenvalue weighted by Crippen LogP contribution is -2.29. The number of aryl methyl sites for hydroxylation is 2. The molecule has 7 nitrogen and oxygen atoms in total. The number of hydrogen-bond donors (Lipinski definition) is 1. The Morgan fingerprint density at radius 2 is 1.84 bits per heavy atom. The van der Waals surface area contributed by atoms with E-state index in [9.17, 15) is 19.1 Å². The highest BCUT2D eigenvalue weighted by molar-refractivity contribution is 7.22. The summed E-state index contributed by atoms with van der Waals surface area (Å²) in [5, 5.41) is 12.3. The number of amides is 1. The van der Waals surface area contributed by atoms with Gasteiger partial charge >= 0.3 is 5.91 Å². The van der Waals surface area contributed by atoms with Crippen LogP contribution in [0.15, 0.2) is 66.4 Å². The molecule has 10 heteroatoms. The maximum absolute atomic E-state index is 13.8. The summed E-state index contributed by atoms with van der Waals surface area (Å²) in [6, 6.07) is 13.3. The summed E-state index contributed by atoms with van der Waals surface area (Å²) in [6.45, 7) is 3.66. The topological polar surface area (TPSA) is 87.8 Å². The molecule has 1 aliphatic heterocycles. The number of carbonyl (C=O) groups is 2. The van der Waals surface area contributed by atoms with Gasteiger partial charge in [-0.15, -0.1) is 0 Å². The van der Waals surface area contributed by atoms with Crippen LogP contribution in [-0.2, 0) is 9.59 Å². The Morgan fingerprint density at radius 1 is 1.08 bits per heavy atom. The Hall–Kier alpha value is -4.08. The molecular formula is C27H18ClFN4O3S. The van der Waals surface area contributed by atoms with Crippen LogP contribution in [0, 0.1) is 19.7 Å². The quantitative estimate of drug-likeness (QED) is 0.175. The molecule has 1 unspecified atom stereocenters. The zero-order chi connectivity index (χ0) is 26.0. The Labute approximate surface area is 219 Å². The van der Waals surface area contributed by atoms with Crippen LogP contribution >= 0.6 is 22.9 Å². The molecule has 6 rings (SSSR count). The van der Waals surface area contributed by atoms with Crippen LogP contribution in [-0.4, -0.2) is 31.2 Å². The smallest absolute Gasteiger partial charge is 0.301 e. The molecule has 0 aliphatic carbocycles. The molecule has 1 atom stereocenters. The highest BCUT2D eigenvalue weighted by Crippen LogP contribution is 2.44. The van der Waals surface area contributed by atoms with Crippen molar-refractivity contribution < 1.29 is 19.1 Å². The van der Waals surface area contributed by atoms with Gasteiger partial charge in [0, 0.05) is 11.2 Å². The van der Waals surface area contributed by atoms with Gasteiger partial charge in [0.15, 0.2) is 10.9 Å². The molecule has 1 fully saturated rings. The number of pyridine rings is 1. The summed E-state index contributed by atoms with van der Waals surface area (Å²) in [5.41, 5.74) is 3.21. The number of imidazole rings is 1. The second-order valence-electron chi connectivity index (χ2n) is 8.76. The Balaban J connectivity index is 1.60. The Morgan fingerprint density at radius 3 is 2.57 bits per heavy atom. The fraction of sp³-hybridized carbons (Fsp3) is 0.111. The van der Waals surface area contributed by atoms with Crippen molar-refractivity contribution in [2.45, 2.75) is 19.9 Å². The first-order valence-corrected chi connectivity index (χ1v) is 12.5. The van der Waals surface area contributed by atoms with Crippen molar-refractivity contribution in [2.24, 2.45) is 0 Å². The number of ketones is 1. The Bertz CT molecular complexity index is 1790. The van der Waals surface area contributed by atoms with Gasteiger partial charge in [-0.2, -0.15) is 0 Å². The third-order valence-electron chi connectivity index (χ3n) is 6.48. The minimum Gasteiger partial charge on any atom is -0.505 e. The summed E-state index contributed by atoms with van der Waals surface area (Å²) >= 11 is 7.32. The molecule has 184 valence electrons. The number of thiazole rings is 1. The molecular weight excluding hydrogens is 515 g/mol. The van der Waals surface area contributed by atoms with Gasteiger partial charge < -0.3 is 9.51 Å². The van der Waals surface area contributed by atoms with Crippen molar-refractivity contribution in [1.82, 2.24) is 14.4 Å². The minimum absolute atomic E-state index is 0.141. The van der Waals surface area contributed by atoms with Crippen molar-refractivity contribution in [2.75, 3.05) is 4.90 Å². The first-order chi connectivity index (χ1) is 17.7. The SMILES string of the molecule is Cc1cccn2c(C)c(C(O)=C3C(=O)C(=O)N(c4nc5ccc(Cl)cc5s4)C3c3ccc(F)cc3)nc12. The van der Waals surface area contributed by atoms with E-state index < -0.39 is 29.3 Å². The fourth-order valence-corrected chi connectivity index (χ4v) is 5.92. The number of fused-ring (bicyclic) bond motifs is 2. The van der Waals surface area contributed by atoms with Crippen LogP contribution in [0.4, 0.5) is 9.52 Å². The average Bonchev–Trinajstić information content (AvgIpc) is 3.52. The molecule has 37 heavy (non-hydrogen) atoms. The van der Waals surface area contributed by atoms with E-state index in [-0.39, 0.29) is 16.4 Å². The number of benzene rings is 2. The Kier molecular flexibility index (Phi) is 5.36. The van der Waals surface area contributed by atoms with Crippen LogP contribution in [0.5, 0.6) is 0 Å². The summed E-state index contributed by atoms with van der Waals surface area (Å²) in [6.07, 6.45) is 1.81. The number of aliphatic hydroxyl groups is 1. The van der Waals surface area contributed by atoms with E-state index in [0.717, 1.165) is 10.3 Å². The largest absolute Gasteiger partial charge is 0.505 e. The number of nitrogens with zero attached hydrogens (tertiary/aromatic N) is 4. The summed E-state index contributed by atoms with van der Waals surface area (Å²) < 4.78 is 16.4. The number of aromatic nitrogens is 3. The van der Waals surface area contributed by atoms with Gasteiger partial charge in [0.05, 0.1) is 27.5 Å². The number of hydrogen-bond acceptors (Lipinski definition) is 6. The predicted molar refractivity (Wildman–Crippen MR) is 140 cm³/mol. The van der Waals surface area contributed by atoms with Gasteiger partial charge in [-0.05, 0) is 61.4 Å². The standard InChI is InChI=1S/C27H18ClFN4O3S/c1-13-4-3-11-32-14(2)21(31-25(13)32)23(34)20-22(15-5-8-17(29)9-6-15)33(26(36)24(20)35)27-30-18-10-7-16(28)12-19(18)37-27/h3-12,22,34H,1-2H3. The molecule has 5 aromatic rings. The summed E-state index contributed by atoms with van der Waals surface area (Å²) in [4.78, 5) is 37.3. The normalized spacial score (nSPS) is 17.4. The lowest BCUT2D eigenvalue weighted by atomic mass is 9.96. The maximum atomic E-state index is 13.8. The molecule has 0 radical (unpaired) electrons. The average molecular weight is 533 g/mol. The van der Waals surface area contributed by atoms with E-state index in [1.54, 1.807) is 25.1 Å². The third-order valence-corrected chi connectivity index (χ3v) is 7.74. The van der Waals surface area contributed by atoms with E-state index in [1.165, 1.54) is 40.5 Å². The maximum Gasteiger partial charge on any atom is 0.301 e. The van der Waals surface area contributed by atoms with Crippen LogP contribution in [0.2, 0.25) is 5.02 Å². The molecule has 1 amide bonds. The first kappa shape index (κ1) is 23.3. The van der Waals surface area contributed by atoms with Gasteiger partial charge in [-0.25, -0.2) is 14.4 Å². The predicted octanol–water partition coefficient (Wildman–Crippen LogP) is 5.98. The number of Topliss-reactive ketones (excluding diaryl/α,β-unsaturated/α-hetero) is 1. The number of rotatable bonds is 3. The van der Waals surface area contributed by atoms with Crippen LogP contribution in [0.3, 0.4) is 0 Å². The van der Waals surface area contributed by atoms with Gasteiger partial charge in [-0.3, -0.25) is 14.5 Å². The minimum atomic E-state index is -1.04. The number of aliphatic hydroxyl groups excluding tert-OH is 1. The van der Waals surface area contributed by atoms with Crippen molar-refractivity contribution in [3.05, 3.63) is 99.7 Å². The lowest BCUT2D eigenvalue weighted by Gasteiger charge is -2.22. The zero-order valence-electron chi connectivity index (χ0n) is 19.6. The molecule has 0 spiro atoms. The fourth-order valence-electron chi connectivity index (χ4n) is 4.65. The number of halogens is 2. The molecule has 1 aliphatic rings. The lowest BCUT2D eigenvalue weighted by molar-refractivity contribution is -0.132. The molecule has 0 saturated carbocycles. The van der Waals surface area contributed by atoms with Gasteiger partial charge in [-0.1, -0.05) is 41.1 Å². The second-order valence-corrected chi connectivity index (χ2v) is 10.2. The van der Waals surface area contributed by atoms with E-state index in [2.05, 4.69) is 9.97 Å². The number of anilines is 1. The monoisotopic (exact) mass is 532 g/mol. The van der Waals surface area contributed by atoms with E-state index in [4.69, 9.17) is 11.6 Å². The third kappa shape index (κ3) is 3.61. The van der Waals surface area contributed by atoms with E-state index in [1.807, 2.05) is 29.7 Å². The van der Waals surface area contributed by atoms with Crippen molar-refractivity contribution in [1.29, 1.82) is 0 Å². The number of carbonyl (C=O) groups excluding carboxylic acids is 2. The van der Waals surface area contributed by atoms with Crippen molar-refractivity contribution in [3.63, 3.8) is 0 Å². The van der Waals surface area contributed by atoms with Crippen LogP contribution in [0.25, 0.3) is 21.6 Å². The van der Waals surface area contributed by atoms with Crippen LogP contribution in [0.1, 0.15) is 28.6 Å². The summed E-state index contributed by atoms with van der Waals surface area (Å²) in [7, 11) is 0. The van der Waals surface area contributed by atoms with Gasteiger partial charge in [0.25, 0.3) is 5.78 Å². The van der Waals surface area contributed by atoms with Gasteiger partial charge in [0.2, 0.25) is 0 Å². The molecule has 1 saturated heterocycles. The first-order valence-electron chi connectivity index (χ1n) is 11.3. The molecule has 2 aromatic carbocycles. The molecule has 1 N–H and O–H groups in total. The highest BCUT2D eigenvalue weighted by atomic mass is 35.5. The zero-order valence-corrected chi connectivity index (χ0v) is 21.1. The summed E-state index contributed by atoms with van der Waals surface area (Å²) in [5.74, 6) is -2.60. The molecule has 0 bridgehead atoms. The van der Waals surface area contributed by atoms with E-state index >= 15 is 0 Å².